The molecule has 0 bridgehead atoms. The summed E-state index contributed by atoms with van der Waals surface area (Å²) in [4.78, 5) is 0. The number of unbranched alkanes of at least 4 members (excludes halogenated alkanes) is 1. The molecule has 0 heterocycles. The van der Waals surface area contributed by atoms with Crippen LogP contribution in [0.4, 0.5) is 0 Å². The maximum atomic E-state index is 10.2. The Hall–Kier alpha value is 0.137. The third-order valence-electron chi connectivity index (χ3n) is 2.47. The van der Waals surface area contributed by atoms with Gasteiger partial charge in [0.2, 0.25) is 9.76 Å². The molecular formula is C12H26O2Si. The number of rotatable bonds is 6. The highest BCUT2D eigenvalue weighted by Crippen LogP contribution is 2.28. The van der Waals surface area contributed by atoms with Crippen LogP contribution in [-0.4, -0.2) is 20.7 Å². The van der Waals surface area contributed by atoms with E-state index in [1.165, 1.54) is 6.42 Å². The van der Waals surface area contributed by atoms with Gasteiger partial charge in [0.15, 0.2) is 5.79 Å². The summed E-state index contributed by atoms with van der Waals surface area (Å²) < 4.78 is 5.64. The molecule has 15 heavy (non-hydrogen) atoms. The van der Waals surface area contributed by atoms with Gasteiger partial charge in [-0.25, -0.2) is 0 Å². The molecule has 0 aromatic carbocycles. The van der Waals surface area contributed by atoms with Crippen LogP contribution in [-0.2, 0) is 4.43 Å². The van der Waals surface area contributed by atoms with Crippen molar-refractivity contribution in [2.75, 3.05) is 0 Å². The maximum Gasteiger partial charge on any atom is 0.239 e. The number of hydrogen-bond donors (Lipinski definition) is 1. The van der Waals surface area contributed by atoms with Crippen molar-refractivity contribution >= 4 is 9.76 Å². The molecule has 3 heteroatoms. The van der Waals surface area contributed by atoms with Gasteiger partial charge in [-0.2, -0.15) is 0 Å². The largest absolute Gasteiger partial charge is 0.390 e. The van der Waals surface area contributed by atoms with Crippen LogP contribution in [0.5, 0.6) is 0 Å². The standard InChI is InChI=1S/C12H26O2Si/c1-7-8-9-10(2)12(6,13)14-15-11(3,4)5/h10,13H,7-9H2,1-6H3. The summed E-state index contributed by atoms with van der Waals surface area (Å²) in [6.07, 6.45) is 3.35. The lowest BCUT2D eigenvalue weighted by molar-refractivity contribution is -0.162. The second kappa shape index (κ2) is 6.02. The molecule has 2 atom stereocenters. The van der Waals surface area contributed by atoms with E-state index in [1.807, 2.05) is 0 Å². The van der Waals surface area contributed by atoms with Crippen LogP contribution in [0.15, 0.2) is 0 Å². The Morgan fingerprint density at radius 2 is 1.80 bits per heavy atom. The Morgan fingerprint density at radius 1 is 1.27 bits per heavy atom. The van der Waals surface area contributed by atoms with Crippen molar-refractivity contribution in [2.24, 2.45) is 5.92 Å². The first-order chi connectivity index (χ1) is 6.69. The first-order valence-corrected chi connectivity index (χ1v) is 6.77. The molecule has 2 nitrogen and oxygen atoms in total. The van der Waals surface area contributed by atoms with Crippen LogP contribution in [0.25, 0.3) is 0 Å². The molecule has 90 valence electrons. The van der Waals surface area contributed by atoms with Crippen molar-refractivity contribution in [1.82, 2.24) is 0 Å². The van der Waals surface area contributed by atoms with Crippen molar-refractivity contribution < 1.29 is 9.53 Å². The summed E-state index contributed by atoms with van der Waals surface area (Å²) >= 11 is 0. The van der Waals surface area contributed by atoms with Crippen LogP contribution in [0.2, 0.25) is 5.04 Å². The fourth-order valence-electron chi connectivity index (χ4n) is 1.14. The second-order valence-corrected chi connectivity index (χ2v) is 7.46. The molecule has 0 aromatic rings. The van der Waals surface area contributed by atoms with Crippen LogP contribution in [0.1, 0.15) is 60.8 Å². The molecule has 1 N–H and O–H groups in total. The van der Waals surface area contributed by atoms with Gasteiger partial charge in [0.05, 0.1) is 0 Å². The van der Waals surface area contributed by atoms with Crippen LogP contribution in [0, 0.1) is 5.92 Å². The van der Waals surface area contributed by atoms with Crippen LogP contribution >= 0.6 is 0 Å². The van der Waals surface area contributed by atoms with Crippen molar-refractivity contribution in [3.63, 3.8) is 0 Å². The smallest absolute Gasteiger partial charge is 0.239 e. The molecule has 0 rings (SSSR count). The number of aliphatic hydroxyl groups is 1. The second-order valence-electron chi connectivity index (χ2n) is 5.55. The predicted molar refractivity (Wildman–Crippen MR) is 65.9 cm³/mol. The monoisotopic (exact) mass is 230 g/mol. The van der Waals surface area contributed by atoms with Crippen molar-refractivity contribution in [3.05, 3.63) is 0 Å². The summed E-state index contributed by atoms with van der Waals surface area (Å²) in [5.41, 5.74) is 0. The Bertz CT molecular complexity index is 173. The molecule has 2 radical (unpaired) electrons. The molecule has 0 fully saturated rings. The van der Waals surface area contributed by atoms with E-state index in [4.69, 9.17) is 4.43 Å². The molecule has 0 spiro atoms. The zero-order valence-electron chi connectivity index (χ0n) is 11.1. The summed E-state index contributed by atoms with van der Waals surface area (Å²) in [5, 5.41) is 10.3. The Labute approximate surface area is 97.4 Å². The van der Waals surface area contributed by atoms with E-state index < -0.39 is 5.79 Å². The third-order valence-corrected chi connectivity index (χ3v) is 3.60. The van der Waals surface area contributed by atoms with Crippen molar-refractivity contribution in [3.8, 4) is 0 Å². The third kappa shape index (κ3) is 7.09. The summed E-state index contributed by atoms with van der Waals surface area (Å²) in [6.45, 7) is 12.4. The van der Waals surface area contributed by atoms with E-state index >= 15 is 0 Å². The highest BCUT2D eigenvalue weighted by Gasteiger charge is 2.30. The summed E-state index contributed by atoms with van der Waals surface area (Å²) in [7, 11) is 0.341. The van der Waals surface area contributed by atoms with Gasteiger partial charge in [0.1, 0.15) is 0 Å². The van der Waals surface area contributed by atoms with E-state index in [-0.39, 0.29) is 11.0 Å². The molecule has 0 aliphatic carbocycles. The van der Waals surface area contributed by atoms with E-state index in [0.717, 1.165) is 12.8 Å². The summed E-state index contributed by atoms with van der Waals surface area (Å²) in [6, 6.07) is 0. The minimum Gasteiger partial charge on any atom is -0.390 e. The van der Waals surface area contributed by atoms with Crippen LogP contribution in [0.3, 0.4) is 0 Å². The highest BCUT2D eigenvalue weighted by atomic mass is 28.2. The van der Waals surface area contributed by atoms with E-state index in [2.05, 4.69) is 34.6 Å². The van der Waals surface area contributed by atoms with Crippen molar-refractivity contribution in [2.45, 2.75) is 71.6 Å². The minimum atomic E-state index is -0.971. The molecule has 0 aliphatic heterocycles. The molecule has 0 aromatic heterocycles. The SMILES string of the molecule is CCCCC(C)C(C)(O)O[Si]C(C)(C)C. The fourth-order valence-corrected chi connectivity index (χ4v) is 1.85. The average molecular weight is 230 g/mol. The zero-order chi connectivity index (χ0) is 12.1. The predicted octanol–water partition coefficient (Wildman–Crippen LogP) is 3.38. The normalized spacial score (nSPS) is 18.6. The summed E-state index contributed by atoms with van der Waals surface area (Å²) in [5.74, 6) is -0.770. The molecule has 0 amide bonds. The zero-order valence-corrected chi connectivity index (χ0v) is 12.1. The highest BCUT2D eigenvalue weighted by molar-refractivity contribution is 6.31. The molecule has 0 saturated carbocycles. The first-order valence-electron chi connectivity index (χ1n) is 5.86. The lowest BCUT2D eigenvalue weighted by Gasteiger charge is -2.33. The topological polar surface area (TPSA) is 29.5 Å². The molecule has 0 aliphatic rings. The van der Waals surface area contributed by atoms with E-state index in [0.29, 0.717) is 9.76 Å². The Balaban J connectivity index is 4.04. The van der Waals surface area contributed by atoms with Crippen LogP contribution < -0.4 is 0 Å². The molecular weight excluding hydrogens is 204 g/mol. The van der Waals surface area contributed by atoms with Gasteiger partial charge >= 0.3 is 0 Å². The molecule has 2 unspecified atom stereocenters. The van der Waals surface area contributed by atoms with Gasteiger partial charge in [0, 0.05) is 5.92 Å². The van der Waals surface area contributed by atoms with E-state index in [9.17, 15) is 5.11 Å². The first kappa shape index (κ1) is 15.1. The van der Waals surface area contributed by atoms with Gasteiger partial charge in [-0.1, -0.05) is 47.5 Å². The average Bonchev–Trinajstić information content (AvgIpc) is 2.10. The molecule has 0 saturated heterocycles. The van der Waals surface area contributed by atoms with Gasteiger partial charge in [0.25, 0.3) is 0 Å². The van der Waals surface area contributed by atoms with Gasteiger partial charge in [-0.05, 0) is 18.4 Å². The van der Waals surface area contributed by atoms with E-state index in [1.54, 1.807) is 6.92 Å². The van der Waals surface area contributed by atoms with Gasteiger partial charge in [-0.3, -0.25) is 0 Å². The minimum absolute atomic E-state index is 0.133. The quantitative estimate of drug-likeness (QED) is 0.560. The Morgan fingerprint density at radius 3 is 2.20 bits per heavy atom. The maximum absolute atomic E-state index is 10.2. The fraction of sp³-hybridized carbons (Fsp3) is 1.00. The van der Waals surface area contributed by atoms with Gasteiger partial charge in [-0.15, -0.1) is 0 Å². The Kier molecular flexibility index (Phi) is 6.07. The van der Waals surface area contributed by atoms with Crippen molar-refractivity contribution in [1.29, 1.82) is 0 Å². The lowest BCUT2D eigenvalue weighted by atomic mass is 9.96. The van der Waals surface area contributed by atoms with Gasteiger partial charge < -0.3 is 9.53 Å². The lowest BCUT2D eigenvalue weighted by Crippen LogP contribution is -2.39. The number of hydrogen-bond acceptors (Lipinski definition) is 2.